The summed E-state index contributed by atoms with van der Waals surface area (Å²) in [4.78, 5) is 23.2. The van der Waals surface area contributed by atoms with Crippen molar-refractivity contribution < 1.29 is 14.1 Å². The third kappa shape index (κ3) is 2.91. The Bertz CT molecular complexity index is 488. The molecule has 0 saturated carbocycles. The average molecular weight is 252 g/mol. The first-order valence-electron chi connectivity index (χ1n) is 5.35. The highest BCUT2D eigenvalue weighted by atomic mass is 19.1. The van der Waals surface area contributed by atoms with Crippen molar-refractivity contribution in [2.45, 2.75) is 6.92 Å². The van der Waals surface area contributed by atoms with Gasteiger partial charge in [0.1, 0.15) is 0 Å². The number of benzene rings is 1. The Hall–Kier alpha value is -2.24. The predicted molar refractivity (Wildman–Crippen MR) is 64.8 cm³/mol. The van der Waals surface area contributed by atoms with Gasteiger partial charge in [-0.15, -0.1) is 6.58 Å². The number of carbonyl (C=O) groups excluding carboxylic acids is 1. The molecule has 0 aliphatic rings. The smallest absolute Gasteiger partial charge is 0.305 e. The standard InChI is InChI=1S/C12H13FN2O3/c1-3-7-14(4-2)12(16)9-5-6-10(13)11(8-9)15(17)18/h3,5-6,8H,1,4,7H2,2H3. The van der Waals surface area contributed by atoms with Crippen LogP contribution in [0, 0.1) is 15.9 Å². The number of nitro benzene ring substituents is 1. The van der Waals surface area contributed by atoms with Crippen LogP contribution in [0.25, 0.3) is 0 Å². The van der Waals surface area contributed by atoms with E-state index in [-0.39, 0.29) is 11.5 Å². The van der Waals surface area contributed by atoms with Crippen LogP contribution in [0.2, 0.25) is 0 Å². The number of halogens is 1. The second-order valence-electron chi connectivity index (χ2n) is 3.56. The van der Waals surface area contributed by atoms with Gasteiger partial charge in [0.15, 0.2) is 0 Å². The zero-order valence-corrected chi connectivity index (χ0v) is 9.93. The maximum Gasteiger partial charge on any atom is 0.305 e. The molecule has 0 fully saturated rings. The van der Waals surface area contributed by atoms with Crippen molar-refractivity contribution in [1.82, 2.24) is 4.90 Å². The molecular weight excluding hydrogens is 239 g/mol. The van der Waals surface area contributed by atoms with E-state index >= 15 is 0 Å². The number of amides is 1. The average Bonchev–Trinajstić information content (AvgIpc) is 2.35. The molecule has 0 saturated heterocycles. The van der Waals surface area contributed by atoms with Gasteiger partial charge in [-0.3, -0.25) is 14.9 Å². The molecule has 0 atom stereocenters. The molecule has 5 nitrogen and oxygen atoms in total. The van der Waals surface area contributed by atoms with Crippen LogP contribution in [0.15, 0.2) is 30.9 Å². The number of hydrogen-bond acceptors (Lipinski definition) is 3. The minimum atomic E-state index is -0.955. The Balaban J connectivity index is 3.09. The fourth-order valence-corrected chi connectivity index (χ4v) is 1.48. The highest BCUT2D eigenvalue weighted by Crippen LogP contribution is 2.19. The second-order valence-corrected chi connectivity index (χ2v) is 3.56. The van der Waals surface area contributed by atoms with Crippen molar-refractivity contribution in [3.63, 3.8) is 0 Å². The first-order valence-corrected chi connectivity index (χ1v) is 5.35. The molecule has 0 bridgehead atoms. The van der Waals surface area contributed by atoms with Gasteiger partial charge in [0.2, 0.25) is 5.82 Å². The molecule has 0 aliphatic carbocycles. The Morgan fingerprint density at radius 1 is 1.61 bits per heavy atom. The zero-order valence-electron chi connectivity index (χ0n) is 9.93. The summed E-state index contributed by atoms with van der Waals surface area (Å²) in [6.07, 6.45) is 1.55. The van der Waals surface area contributed by atoms with Gasteiger partial charge in [-0.05, 0) is 19.1 Å². The lowest BCUT2D eigenvalue weighted by atomic mass is 10.1. The van der Waals surface area contributed by atoms with Crippen LogP contribution in [0.4, 0.5) is 10.1 Å². The van der Waals surface area contributed by atoms with Crippen molar-refractivity contribution in [1.29, 1.82) is 0 Å². The lowest BCUT2D eigenvalue weighted by Gasteiger charge is -2.18. The van der Waals surface area contributed by atoms with Crippen LogP contribution in [-0.4, -0.2) is 28.8 Å². The highest BCUT2D eigenvalue weighted by Gasteiger charge is 2.19. The molecule has 96 valence electrons. The van der Waals surface area contributed by atoms with E-state index in [2.05, 4.69) is 6.58 Å². The molecule has 0 heterocycles. The van der Waals surface area contributed by atoms with E-state index in [1.807, 2.05) is 0 Å². The van der Waals surface area contributed by atoms with Gasteiger partial charge < -0.3 is 4.90 Å². The van der Waals surface area contributed by atoms with E-state index in [1.165, 1.54) is 11.0 Å². The topological polar surface area (TPSA) is 63.5 Å². The molecular formula is C12H13FN2O3. The van der Waals surface area contributed by atoms with Crippen LogP contribution in [0.1, 0.15) is 17.3 Å². The third-order valence-electron chi connectivity index (χ3n) is 2.41. The number of nitro groups is 1. The van der Waals surface area contributed by atoms with E-state index in [0.29, 0.717) is 13.1 Å². The van der Waals surface area contributed by atoms with Crippen LogP contribution in [0.3, 0.4) is 0 Å². The molecule has 0 spiro atoms. The molecule has 0 unspecified atom stereocenters. The molecule has 1 rings (SSSR count). The first-order chi connectivity index (χ1) is 8.51. The second kappa shape index (κ2) is 5.90. The highest BCUT2D eigenvalue weighted by molar-refractivity contribution is 5.94. The third-order valence-corrected chi connectivity index (χ3v) is 2.41. The van der Waals surface area contributed by atoms with Crippen LogP contribution >= 0.6 is 0 Å². The van der Waals surface area contributed by atoms with Crippen molar-refractivity contribution in [2.75, 3.05) is 13.1 Å². The molecule has 0 N–H and O–H groups in total. The maximum absolute atomic E-state index is 13.1. The largest absolute Gasteiger partial charge is 0.335 e. The summed E-state index contributed by atoms with van der Waals surface area (Å²) in [6.45, 7) is 6.07. The number of nitrogens with zero attached hydrogens (tertiary/aromatic N) is 2. The fourth-order valence-electron chi connectivity index (χ4n) is 1.48. The minimum Gasteiger partial charge on any atom is -0.335 e. The fraction of sp³-hybridized carbons (Fsp3) is 0.250. The SMILES string of the molecule is C=CCN(CC)C(=O)c1ccc(F)c([N+](=O)[O-])c1. The van der Waals surface area contributed by atoms with Gasteiger partial charge in [-0.1, -0.05) is 6.08 Å². The molecule has 1 aromatic carbocycles. The Kier molecular flexibility index (Phi) is 4.53. The summed E-state index contributed by atoms with van der Waals surface area (Å²) in [5.41, 5.74) is -0.609. The molecule has 1 amide bonds. The maximum atomic E-state index is 13.1. The van der Waals surface area contributed by atoms with Gasteiger partial charge in [0, 0.05) is 24.7 Å². The van der Waals surface area contributed by atoms with Crippen molar-refractivity contribution in [3.05, 3.63) is 52.3 Å². The summed E-state index contributed by atoms with van der Waals surface area (Å²) < 4.78 is 13.1. The summed E-state index contributed by atoms with van der Waals surface area (Å²) in [5.74, 6) is -1.34. The van der Waals surface area contributed by atoms with Crippen LogP contribution in [0.5, 0.6) is 0 Å². The van der Waals surface area contributed by atoms with Gasteiger partial charge in [-0.25, -0.2) is 0 Å². The van der Waals surface area contributed by atoms with Gasteiger partial charge in [0.25, 0.3) is 5.91 Å². The van der Waals surface area contributed by atoms with Crippen molar-refractivity contribution >= 4 is 11.6 Å². The normalized spacial score (nSPS) is 9.89. The first kappa shape index (κ1) is 13.8. The number of rotatable bonds is 5. The Morgan fingerprint density at radius 2 is 2.28 bits per heavy atom. The minimum absolute atomic E-state index is 0.0896. The van der Waals surface area contributed by atoms with E-state index in [4.69, 9.17) is 0 Å². The summed E-state index contributed by atoms with van der Waals surface area (Å²) in [5, 5.41) is 10.6. The van der Waals surface area contributed by atoms with Crippen molar-refractivity contribution in [2.24, 2.45) is 0 Å². The van der Waals surface area contributed by atoms with Gasteiger partial charge in [0.05, 0.1) is 4.92 Å². The lowest BCUT2D eigenvalue weighted by Crippen LogP contribution is -2.30. The molecule has 1 aromatic rings. The van der Waals surface area contributed by atoms with E-state index in [9.17, 15) is 19.3 Å². The Morgan fingerprint density at radius 3 is 2.78 bits per heavy atom. The van der Waals surface area contributed by atoms with Crippen LogP contribution in [-0.2, 0) is 0 Å². The van der Waals surface area contributed by atoms with E-state index < -0.39 is 16.4 Å². The number of hydrogen-bond donors (Lipinski definition) is 0. The molecule has 18 heavy (non-hydrogen) atoms. The predicted octanol–water partition coefficient (Wildman–Crippen LogP) is 2.38. The number of carbonyl (C=O) groups is 1. The Labute approximate surface area is 104 Å². The monoisotopic (exact) mass is 252 g/mol. The summed E-state index contributed by atoms with van der Waals surface area (Å²) in [7, 11) is 0. The molecule has 0 aromatic heterocycles. The summed E-state index contributed by atoms with van der Waals surface area (Å²) in [6, 6.07) is 3.10. The molecule has 6 heteroatoms. The molecule has 0 radical (unpaired) electrons. The van der Waals surface area contributed by atoms with Gasteiger partial charge in [-0.2, -0.15) is 4.39 Å². The van der Waals surface area contributed by atoms with Gasteiger partial charge >= 0.3 is 5.69 Å². The van der Waals surface area contributed by atoms with E-state index in [1.54, 1.807) is 13.0 Å². The lowest BCUT2D eigenvalue weighted by molar-refractivity contribution is -0.387. The summed E-state index contributed by atoms with van der Waals surface area (Å²) >= 11 is 0. The zero-order chi connectivity index (χ0) is 13.7. The van der Waals surface area contributed by atoms with E-state index in [0.717, 1.165) is 12.1 Å². The van der Waals surface area contributed by atoms with Crippen LogP contribution < -0.4 is 0 Å². The molecule has 0 aliphatic heterocycles. The quantitative estimate of drug-likeness (QED) is 0.459. The number of likely N-dealkylation sites (N-methyl/N-ethyl adjacent to an activating group) is 1. The van der Waals surface area contributed by atoms with Crippen molar-refractivity contribution in [3.8, 4) is 0 Å².